The number of benzene rings is 1. The smallest absolute Gasteiger partial charge is 0.120 e. The molecule has 1 aliphatic heterocycles. The molecular formula is C13H19NO2. The van der Waals surface area contributed by atoms with Gasteiger partial charge in [0.25, 0.3) is 0 Å². The first-order valence-corrected chi connectivity index (χ1v) is 5.73. The van der Waals surface area contributed by atoms with Crippen LogP contribution in [0.5, 0.6) is 5.75 Å². The van der Waals surface area contributed by atoms with Crippen molar-refractivity contribution in [1.82, 2.24) is 4.90 Å². The van der Waals surface area contributed by atoms with Gasteiger partial charge in [0.1, 0.15) is 5.75 Å². The van der Waals surface area contributed by atoms with Crippen molar-refractivity contribution in [2.75, 3.05) is 20.3 Å². The van der Waals surface area contributed by atoms with Crippen molar-refractivity contribution in [3.8, 4) is 5.75 Å². The maximum Gasteiger partial charge on any atom is 0.120 e. The van der Waals surface area contributed by atoms with Crippen LogP contribution in [0.25, 0.3) is 0 Å². The number of ether oxygens (including phenoxy) is 1. The summed E-state index contributed by atoms with van der Waals surface area (Å²) in [6.07, 6.45) is 1.09. The highest BCUT2D eigenvalue weighted by atomic mass is 16.5. The van der Waals surface area contributed by atoms with Crippen LogP contribution in [0.3, 0.4) is 0 Å². The van der Waals surface area contributed by atoms with Crippen LogP contribution in [0.15, 0.2) is 18.2 Å². The van der Waals surface area contributed by atoms with E-state index < -0.39 is 0 Å². The number of rotatable bonds is 3. The first kappa shape index (κ1) is 11.4. The number of aryl methyl sites for hydroxylation is 1. The molecule has 0 aliphatic carbocycles. The number of phenols is 1. The standard InChI is InChI=1S/C13H19NO2/c1-10-3-4-13(15)11(7-10)8-14(2)12-5-6-16-9-12/h3-4,7,12,15H,5-6,8-9H2,1-2H3. The molecule has 3 heteroatoms. The minimum atomic E-state index is 0.386. The molecule has 2 rings (SSSR count). The third-order valence-corrected chi connectivity index (χ3v) is 3.18. The van der Waals surface area contributed by atoms with E-state index in [0.29, 0.717) is 11.8 Å². The summed E-state index contributed by atoms with van der Waals surface area (Å²) in [6, 6.07) is 6.22. The summed E-state index contributed by atoms with van der Waals surface area (Å²) in [7, 11) is 2.08. The number of phenolic OH excluding ortho intramolecular Hbond substituents is 1. The molecule has 0 aromatic heterocycles. The van der Waals surface area contributed by atoms with Gasteiger partial charge >= 0.3 is 0 Å². The predicted octanol–water partition coefficient (Wildman–Crippen LogP) is 1.92. The van der Waals surface area contributed by atoms with Crippen LogP contribution >= 0.6 is 0 Å². The molecule has 0 radical (unpaired) electrons. The highest BCUT2D eigenvalue weighted by Gasteiger charge is 2.20. The number of likely N-dealkylation sites (N-methyl/N-ethyl adjacent to an activating group) is 1. The van der Waals surface area contributed by atoms with Gasteiger partial charge < -0.3 is 9.84 Å². The van der Waals surface area contributed by atoms with Crippen molar-refractivity contribution in [2.24, 2.45) is 0 Å². The molecule has 1 aromatic rings. The molecule has 0 amide bonds. The third-order valence-electron chi connectivity index (χ3n) is 3.18. The third kappa shape index (κ3) is 2.54. The second kappa shape index (κ2) is 4.85. The summed E-state index contributed by atoms with van der Waals surface area (Å²) in [5, 5.41) is 9.77. The number of aromatic hydroxyl groups is 1. The summed E-state index contributed by atoms with van der Waals surface area (Å²) in [6.45, 7) is 4.49. The van der Waals surface area contributed by atoms with Crippen LogP contribution in [0.2, 0.25) is 0 Å². The molecule has 0 bridgehead atoms. The minimum Gasteiger partial charge on any atom is -0.508 e. The Morgan fingerprint density at radius 3 is 3.00 bits per heavy atom. The predicted molar refractivity (Wildman–Crippen MR) is 63.5 cm³/mol. The number of hydrogen-bond acceptors (Lipinski definition) is 3. The van der Waals surface area contributed by atoms with Crippen LogP contribution < -0.4 is 0 Å². The quantitative estimate of drug-likeness (QED) is 0.846. The first-order chi connectivity index (χ1) is 7.66. The van der Waals surface area contributed by atoms with Crippen LogP contribution in [-0.4, -0.2) is 36.3 Å². The van der Waals surface area contributed by atoms with Crippen molar-refractivity contribution >= 4 is 0 Å². The van der Waals surface area contributed by atoms with Gasteiger partial charge in [0.05, 0.1) is 6.61 Å². The summed E-state index contributed by atoms with van der Waals surface area (Å²) in [5.74, 6) is 0.386. The van der Waals surface area contributed by atoms with E-state index in [2.05, 4.69) is 11.9 Å². The van der Waals surface area contributed by atoms with Crippen molar-refractivity contribution in [3.05, 3.63) is 29.3 Å². The molecule has 1 N–H and O–H groups in total. The molecule has 1 aliphatic rings. The highest BCUT2D eigenvalue weighted by molar-refractivity contribution is 5.35. The van der Waals surface area contributed by atoms with E-state index in [1.807, 2.05) is 19.1 Å². The fourth-order valence-electron chi connectivity index (χ4n) is 2.11. The summed E-state index contributed by atoms with van der Waals surface area (Å²) in [4.78, 5) is 2.25. The Morgan fingerprint density at radius 1 is 1.50 bits per heavy atom. The molecule has 0 saturated carbocycles. The van der Waals surface area contributed by atoms with Gasteiger partial charge in [0, 0.05) is 24.8 Å². The van der Waals surface area contributed by atoms with Gasteiger partial charge in [-0.15, -0.1) is 0 Å². The highest BCUT2D eigenvalue weighted by Crippen LogP contribution is 2.21. The largest absolute Gasteiger partial charge is 0.508 e. The van der Waals surface area contributed by atoms with Gasteiger partial charge in [0.2, 0.25) is 0 Å². The van der Waals surface area contributed by atoms with Crippen molar-refractivity contribution in [1.29, 1.82) is 0 Å². The maximum absolute atomic E-state index is 9.77. The van der Waals surface area contributed by atoms with Crippen molar-refractivity contribution < 1.29 is 9.84 Å². The number of hydrogen-bond donors (Lipinski definition) is 1. The molecular weight excluding hydrogens is 202 g/mol. The van der Waals surface area contributed by atoms with Gasteiger partial charge in [-0.2, -0.15) is 0 Å². The van der Waals surface area contributed by atoms with E-state index >= 15 is 0 Å². The summed E-state index contributed by atoms with van der Waals surface area (Å²) < 4.78 is 5.37. The summed E-state index contributed by atoms with van der Waals surface area (Å²) in [5.41, 5.74) is 2.18. The Labute approximate surface area is 96.6 Å². The molecule has 3 nitrogen and oxygen atoms in total. The maximum atomic E-state index is 9.77. The Morgan fingerprint density at radius 2 is 2.31 bits per heavy atom. The lowest BCUT2D eigenvalue weighted by molar-refractivity contribution is 0.156. The molecule has 1 heterocycles. The van der Waals surface area contributed by atoms with Gasteiger partial charge in [-0.25, -0.2) is 0 Å². The van der Waals surface area contributed by atoms with Crippen LogP contribution in [0.1, 0.15) is 17.5 Å². The molecule has 1 fully saturated rings. The molecule has 0 spiro atoms. The van der Waals surface area contributed by atoms with E-state index in [4.69, 9.17) is 4.74 Å². The average molecular weight is 221 g/mol. The lowest BCUT2D eigenvalue weighted by Gasteiger charge is -2.23. The van der Waals surface area contributed by atoms with E-state index in [0.717, 1.165) is 31.7 Å². The van der Waals surface area contributed by atoms with Crippen LogP contribution in [0, 0.1) is 6.92 Å². The average Bonchev–Trinajstić information content (AvgIpc) is 2.76. The zero-order valence-electron chi connectivity index (χ0n) is 9.94. The Bertz CT molecular complexity index is 359. The molecule has 1 saturated heterocycles. The lowest BCUT2D eigenvalue weighted by Crippen LogP contribution is -2.31. The normalized spacial score (nSPS) is 20.6. The van der Waals surface area contributed by atoms with E-state index in [9.17, 15) is 5.11 Å². The van der Waals surface area contributed by atoms with Crippen LogP contribution in [0.4, 0.5) is 0 Å². The van der Waals surface area contributed by atoms with Gasteiger partial charge in [0.15, 0.2) is 0 Å². The molecule has 16 heavy (non-hydrogen) atoms. The second-order valence-electron chi connectivity index (χ2n) is 4.56. The minimum absolute atomic E-state index is 0.386. The zero-order valence-corrected chi connectivity index (χ0v) is 9.94. The van der Waals surface area contributed by atoms with E-state index in [1.165, 1.54) is 5.56 Å². The monoisotopic (exact) mass is 221 g/mol. The van der Waals surface area contributed by atoms with Crippen molar-refractivity contribution in [2.45, 2.75) is 25.9 Å². The number of nitrogens with zero attached hydrogens (tertiary/aromatic N) is 1. The molecule has 1 aromatic carbocycles. The van der Waals surface area contributed by atoms with E-state index in [1.54, 1.807) is 6.07 Å². The van der Waals surface area contributed by atoms with E-state index in [-0.39, 0.29) is 0 Å². The molecule has 88 valence electrons. The SMILES string of the molecule is Cc1ccc(O)c(CN(C)C2CCOC2)c1. The van der Waals surface area contributed by atoms with Gasteiger partial charge in [-0.05, 0) is 26.5 Å². The molecule has 1 atom stereocenters. The Balaban J connectivity index is 2.04. The first-order valence-electron chi connectivity index (χ1n) is 5.73. The fraction of sp³-hybridized carbons (Fsp3) is 0.538. The van der Waals surface area contributed by atoms with Crippen molar-refractivity contribution in [3.63, 3.8) is 0 Å². The fourth-order valence-corrected chi connectivity index (χ4v) is 2.11. The van der Waals surface area contributed by atoms with Gasteiger partial charge in [-0.3, -0.25) is 4.90 Å². The topological polar surface area (TPSA) is 32.7 Å². The summed E-state index contributed by atoms with van der Waals surface area (Å²) >= 11 is 0. The van der Waals surface area contributed by atoms with Crippen LogP contribution in [-0.2, 0) is 11.3 Å². The molecule has 1 unspecified atom stereocenters. The Kier molecular flexibility index (Phi) is 3.46. The Hall–Kier alpha value is -1.06. The van der Waals surface area contributed by atoms with Gasteiger partial charge in [-0.1, -0.05) is 17.7 Å². The zero-order chi connectivity index (χ0) is 11.5. The lowest BCUT2D eigenvalue weighted by atomic mass is 10.1. The second-order valence-corrected chi connectivity index (χ2v) is 4.56.